The molecule has 0 aromatic heterocycles. The van der Waals surface area contributed by atoms with E-state index in [2.05, 4.69) is 5.32 Å². The van der Waals surface area contributed by atoms with Crippen molar-refractivity contribution in [3.63, 3.8) is 0 Å². The van der Waals surface area contributed by atoms with E-state index >= 15 is 0 Å². The lowest BCUT2D eigenvalue weighted by atomic mass is 10.1. The number of carbonyl (C=O) groups is 1. The zero-order valence-electron chi connectivity index (χ0n) is 15.0. The minimum atomic E-state index is -4.50. The number of carbonyl (C=O) groups excluding carboxylic acids is 1. The summed E-state index contributed by atoms with van der Waals surface area (Å²) in [6.07, 6.45) is -4.50. The standard InChI is InChI=1S/C18H18ClF3N2O3S/c1-3-24(4-2)28(26,27)16-11-14(9-10-15(16)19)23-17(25)12-5-7-13(8-6-12)18(20,21)22/h5-11H,3-4H2,1-2H3,(H,23,25). The number of nitrogens with one attached hydrogen (secondary N) is 1. The maximum Gasteiger partial charge on any atom is 0.416 e. The first kappa shape index (κ1) is 22.2. The van der Waals surface area contributed by atoms with Crippen LogP contribution in [0.2, 0.25) is 5.02 Å². The Kier molecular flexibility index (Phi) is 6.74. The van der Waals surface area contributed by atoms with Gasteiger partial charge in [0.05, 0.1) is 10.6 Å². The lowest BCUT2D eigenvalue weighted by molar-refractivity contribution is -0.137. The lowest BCUT2D eigenvalue weighted by Gasteiger charge is -2.19. The zero-order valence-corrected chi connectivity index (χ0v) is 16.6. The van der Waals surface area contributed by atoms with Gasteiger partial charge in [-0.3, -0.25) is 4.79 Å². The highest BCUT2D eigenvalue weighted by Crippen LogP contribution is 2.30. The first-order valence-corrected chi connectivity index (χ1v) is 10.1. The number of amides is 1. The normalized spacial score (nSPS) is 12.2. The van der Waals surface area contributed by atoms with Gasteiger partial charge in [0.1, 0.15) is 4.90 Å². The van der Waals surface area contributed by atoms with Crippen LogP contribution in [-0.4, -0.2) is 31.7 Å². The summed E-state index contributed by atoms with van der Waals surface area (Å²) in [4.78, 5) is 12.1. The van der Waals surface area contributed by atoms with Gasteiger partial charge in [-0.25, -0.2) is 8.42 Å². The molecule has 2 aromatic carbocycles. The van der Waals surface area contributed by atoms with Gasteiger partial charge in [-0.15, -0.1) is 0 Å². The van der Waals surface area contributed by atoms with Crippen LogP contribution in [0.1, 0.15) is 29.8 Å². The maximum absolute atomic E-state index is 12.7. The predicted molar refractivity (Wildman–Crippen MR) is 101 cm³/mol. The van der Waals surface area contributed by atoms with Crippen molar-refractivity contribution in [2.45, 2.75) is 24.9 Å². The Morgan fingerprint density at radius 3 is 2.14 bits per heavy atom. The Bertz CT molecular complexity index is 957. The first-order valence-electron chi connectivity index (χ1n) is 8.29. The van der Waals surface area contributed by atoms with E-state index in [1.54, 1.807) is 13.8 Å². The van der Waals surface area contributed by atoms with Crippen molar-refractivity contribution in [3.8, 4) is 0 Å². The minimum Gasteiger partial charge on any atom is -0.322 e. The fourth-order valence-corrected chi connectivity index (χ4v) is 4.45. The van der Waals surface area contributed by atoms with Crippen molar-refractivity contribution in [2.75, 3.05) is 18.4 Å². The molecule has 5 nitrogen and oxygen atoms in total. The molecule has 152 valence electrons. The molecule has 0 saturated heterocycles. The van der Waals surface area contributed by atoms with Crippen molar-refractivity contribution in [2.24, 2.45) is 0 Å². The van der Waals surface area contributed by atoms with E-state index in [-0.39, 0.29) is 34.3 Å². The molecule has 0 saturated carbocycles. The molecule has 2 rings (SSSR count). The number of sulfonamides is 1. The molecule has 2 aromatic rings. The molecule has 1 amide bonds. The first-order chi connectivity index (χ1) is 13.0. The SMILES string of the molecule is CCN(CC)S(=O)(=O)c1cc(NC(=O)c2ccc(C(F)(F)F)cc2)ccc1Cl. The molecule has 1 N–H and O–H groups in total. The molecule has 0 aliphatic heterocycles. The Balaban J connectivity index is 2.29. The number of benzene rings is 2. The van der Waals surface area contributed by atoms with Crippen LogP contribution < -0.4 is 5.32 Å². The van der Waals surface area contributed by atoms with Crippen LogP contribution in [0, 0.1) is 0 Å². The lowest BCUT2D eigenvalue weighted by Crippen LogP contribution is -2.30. The quantitative estimate of drug-likeness (QED) is 0.720. The fourth-order valence-electron chi connectivity index (χ4n) is 2.50. The van der Waals surface area contributed by atoms with Gasteiger partial charge in [0.2, 0.25) is 10.0 Å². The maximum atomic E-state index is 12.7. The summed E-state index contributed by atoms with van der Waals surface area (Å²) < 4.78 is 64.4. The molecule has 28 heavy (non-hydrogen) atoms. The van der Waals surface area contributed by atoms with E-state index in [0.29, 0.717) is 0 Å². The third-order valence-corrected chi connectivity index (χ3v) is 6.52. The van der Waals surface area contributed by atoms with Crippen molar-refractivity contribution < 1.29 is 26.4 Å². The highest BCUT2D eigenvalue weighted by atomic mass is 35.5. The number of alkyl halides is 3. The largest absolute Gasteiger partial charge is 0.416 e. The van der Waals surface area contributed by atoms with Gasteiger partial charge in [-0.05, 0) is 42.5 Å². The summed E-state index contributed by atoms with van der Waals surface area (Å²) >= 11 is 6.03. The minimum absolute atomic E-state index is 0.000529. The Morgan fingerprint density at radius 2 is 1.64 bits per heavy atom. The van der Waals surface area contributed by atoms with Crippen LogP contribution >= 0.6 is 11.6 Å². The fraction of sp³-hybridized carbons (Fsp3) is 0.278. The van der Waals surface area contributed by atoms with E-state index < -0.39 is 27.7 Å². The summed E-state index contributed by atoms with van der Waals surface area (Å²) in [5.41, 5.74) is -0.723. The molecule has 0 aliphatic carbocycles. The third kappa shape index (κ3) is 4.84. The second-order valence-electron chi connectivity index (χ2n) is 5.76. The smallest absolute Gasteiger partial charge is 0.322 e. The van der Waals surface area contributed by atoms with E-state index in [9.17, 15) is 26.4 Å². The van der Waals surface area contributed by atoms with Crippen molar-refractivity contribution in [1.82, 2.24) is 4.31 Å². The van der Waals surface area contributed by atoms with Crippen LogP contribution in [0.25, 0.3) is 0 Å². The van der Waals surface area contributed by atoms with Crippen LogP contribution in [0.5, 0.6) is 0 Å². The van der Waals surface area contributed by atoms with Gasteiger partial charge in [0.25, 0.3) is 5.91 Å². The number of hydrogen-bond donors (Lipinski definition) is 1. The second kappa shape index (κ2) is 8.50. The zero-order chi connectivity index (χ0) is 21.1. The van der Waals surface area contributed by atoms with Crippen LogP contribution in [0.15, 0.2) is 47.4 Å². The molecular weight excluding hydrogens is 417 g/mol. The summed E-state index contributed by atoms with van der Waals surface area (Å²) in [7, 11) is -3.85. The van der Waals surface area contributed by atoms with Gasteiger partial charge in [-0.1, -0.05) is 25.4 Å². The number of hydrogen-bond acceptors (Lipinski definition) is 3. The van der Waals surface area contributed by atoms with Crippen molar-refractivity contribution in [3.05, 3.63) is 58.6 Å². The second-order valence-corrected chi connectivity index (χ2v) is 8.08. The molecule has 0 spiro atoms. The molecule has 0 heterocycles. The molecule has 10 heteroatoms. The number of anilines is 1. The summed E-state index contributed by atoms with van der Waals surface area (Å²) in [5, 5.41) is 2.47. The van der Waals surface area contributed by atoms with E-state index in [1.807, 2.05) is 0 Å². The van der Waals surface area contributed by atoms with Gasteiger partial charge < -0.3 is 5.32 Å². The molecule has 0 fully saturated rings. The summed E-state index contributed by atoms with van der Waals surface area (Å²) in [6, 6.07) is 7.65. The third-order valence-electron chi connectivity index (χ3n) is 3.99. The van der Waals surface area contributed by atoms with Gasteiger partial charge in [0.15, 0.2) is 0 Å². The van der Waals surface area contributed by atoms with Crippen molar-refractivity contribution >= 4 is 33.2 Å². The summed E-state index contributed by atoms with van der Waals surface area (Å²) in [6.45, 7) is 3.87. The van der Waals surface area contributed by atoms with Gasteiger partial charge >= 0.3 is 6.18 Å². The molecule has 0 atom stereocenters. The van der Waals surface area contributed by atoms with Gasteiger partial charge in [0, 0.05) is 24.3 Å². The van der Waals surface area contributed by atoms with Gasteiger partial charge in [-0.2, -0.15) is 17.5 Å². The predicted octanol–water partition coefficient (Wildman–Crippen LogP) is 4.64. The Morgan fingerprint density at radius 1 is 1.07 bits per heavy atom. The molecule has 0 unspecified atom stereocenters. The van der Waals surface area contributed by atoms with Crippen LogP contribution in [-0.2, 0) is 16.2 Å². The molecule has 0 bridgehead atoms. The van der Waals surface area contributed by atoms with Crippen LogP contribution in [0.3, 0.4) is 0 Å². The molecule has 0 radical (unpaired) electrons. The summed E-state index contributed by atoms with van der Waals surface area (Å²) in [5.74, 6) is -0.678. The topological polar surface area (TPSA) is 66.5 Å². The van der Waals surface area contributed by atoms with E-state index in [4.69, 9.17) is 11.6 Å². The average molecular weight is 435 g/mol. The average Bonchev–Trinajstić information content (AvgIpc) is 2.63. The number of nitrogens with zero attached hydrogens (tertiary/aromatic N) is 1. The van der Waals surface area contributed by atoms with E-state index in [1.165, 1.54) is 22.5 Å². The van der Waals surface area contributed by atoms with E-state index in [0.717, 1.165) is 24.3 Å². The molecular formula is C18H18ClF3N2O3S. The monoisotopic (exact) mass is 434 g/mol. The Labute approximate surface area is 166 Å². The van der Waals surface area contributed by atoms with Crippen LogP contribution in [0.4, 0.5) is 18.9 Å². The highest BCUT2D eigenvalue weighted by Gasteiger charge is 2.30. The highest BCUT2D eigenvalue weighted by molar-refractivity contribution is 7.89. The molecule has 0 aliphatic rings. The number of rotatable bonds is 6. The number of halogens is 4. The van der Waals surface area contributed by atoms with Crippen molar-refractivity contribution in [1.29, 1.82) is 0 Å². The Hall–Kier alpha value is -2.10.